The number of nitrogens with one attached hydrogen (secondary N) is 1. The quantitative estimate of drug-likeness (QED) is 0.693. The van der Waals surface area contributed by atoms with Gasteiger partial charge in [-0.2, -0.15) is 0 Å². The van der Waals surface area contributed by atoms with Crippen LogP contribution in [0.2, 0.25) is 0 Å². The number of hydrogen-bond acceptors (Lipinski definition) is 3. The van der Waals surface area contributed by atoms with Gasteiger partial charge in [0.2, 0.25) is 5.91 Å². The van der Waals surface area contributed by atoms with Crippen molar-refractivity contribution >= 4 is 17.4 Å². The Hall–Kier alpha value is -1.58. The van der Waals surface area contributed by atoms with E-state index in [1.54, 1.807) is 6.20 Å². The van der Waals surface area contributed by atoms with Gasteiger partial charge in [-0.05, 0) is 25.0 Å². The molecule has 0 aromatic carbocycles. The number of carbonyl (C=O) groups excluding carboxylic acids is 1. The van der Waals surface area contributed by atoms with Gasteiger partial charge in [-0.3, -0.25) is 4.79 Å². The summed E-state index contributed by atoms with van der Waals surface area (Å²) in [5.41, 5.74) is 0.854. The molecule has 1 amide bonds. The van der Waals surface area contributed by atoms with E-state index in [1.165, 1.54) is 0 Å². The second-order valence-corrected chi connectivity index (χ2v) is 4.12. The molecule has 0 bridgehead atoms. The van der Waals surface area contributed by atoms with Crippen LogP contribution in [0.15, 0.2) is 18.3 Å². The summed E-state index contributed by atoms with van der Waals surface area (Å²) in [6.45, 7) is 1.02. The summed E-state index contributed by atoms with van der Waals surface area (Å²) >= 11 is 0. The molecule has 1 N–H and O–H groups in total. The number of amides is 1. The average Bonchev–Trinajstić information content (AvgIpc) is 2.62. The smallest absolute Gasteiger partial charge is 0.226 e. The van der Waals surface area contributed by atoms with Crippen molar-refractivity contribution in [3.05, 3.63) is 18.3 Å². The first-order valence-electron chi connectivity index (χ1n) is 5.36. The van der Waals surface area contributed by atoms with E-state index >= 15 is 0 Å². The lowest BCUT2D eigenvalue weighted by molar-refractivity contribution is -0.116. The number of pyridine rings is 1. The van der Waals surface area contributed by atoms with Crippen molar-refractivity contribution in [2.75, 3.05) is 16.8 Å². The van der Waals surface area contributed by atoms with Crippen molar-refractivity contribution in [2.45, 2.75) is 25.3 Å². The molecule has 3 heterocycles. The van der Waals surface area contributed by atoms with Crippen molar-refractivity contribution in [2.24, 2.45) is 0 Å². The molecule has 78 valence electrons. The Morgan fingerprint density at radius 2 is 2.47 bits per heavy atom. The van der Waals surface area contributed by atoms with Crippen LogP contribution in [0.25, 0.3) is 0 Å². The third-order valence-electron chi connectivity index (χ3n) is 3.13. The number of fused-ring (bicyclic) bond motifs is 3. The van der Waals surface area contributed by atoms with E-state index in [4.69, 9.17) is 0 Å². The molecule has 1 fully saturated rings. The summed E-state index contributed by atoms with van der Waals surface area (Å²) in [6, 6.07) is 4.12. The minimum Gasteiger partial charge on any atom is -0.351 e. The first-order valence-corrected chi connectivity index (χ1v) is 5.36. The van der Waals surface area contributed by atoms with Gasteiger partial charge in [0, 0.05) is 25.2 Å². The number of anilines is 2. The van der Waals surface area contributed by atoms with E-state index in [0.29, 0.717) is 12.5 Å². The van der Waals surface area contributed by atoms with E-state index in [9.17, 15) is 4.79 Å². The lowest BCUT2D eigenvalue weighted by atomic mass is 10.1. The summed E-state index contributed by atoms with van der Waals surface area (Å²) < 4.78 is 0. The largest absolute Gasteiger partial charge is 0.351 e. The van der Waals surface area contributed by atoms with Gasteiger partial charge in [-0.1, -0.05) is 0 Å². The summed E-state index contributed by atoms with van der Waals surface area (Å²) in [4.78, 5) is 18.2. The first kappa shape index (κ1) is 8.71. The van der Waals surface area contributed by atoms with Gasteiger partial charge in [0.15, 0.2) is 5.82 Å². The van der Waals surface area contributed by atoms with Crippen LogP contribution < -0.4 is 10.2 Å². The van der Waals surface area contributed by atoms with E-state index in [0.717, 1.165) is 30.9 Å². The molecular weight excluding hydrogens is 190 g/mol. The van der Waals surface area contributed by atoms with Gasteiger partial charge in [-0.25, -0.2) is 4.98 Å². The predicted octanol–water partition coefficient (Wildman–Crippen LogP) is 1.39. The molecule has 1 atom stereocenters. The van der Waals surface area contributed by atoms with Crippen LogP contribution in [0, 0.1) is 0 Å². The molecule has 4 nitrogen and oxygen atoms in total. The van der Waals surface area contributed by atoms with Crippen LogP contribution in [-0.2, 0) is 4.79 Å². The maximum absolute atomic E-state index is 11.6. The average molecular weight is 203 g/mol. The zero-order chi connectivity index (χ0) is 10.3. The molecule has 2 aliphatic heterocycles. The molecule has 15 heavy (non-hydrogen) atoms. The van der Waals surface area contributed by atoms with Crippen LogP contribution in [0.4, 0.5) is 11.5 Å². The van der Waals surface area contributed by atoms with Gasteiger partial charge in [0.05, 0.1) is 5.69 Å². The van der Waals surface area contributed by atoms with Crippen molar-refractivity contribution in [1.82, 2.24) is 4.98 Å². The van der Waals surface area contributed by atoms with E-state index < -0.39 is 0 Å². The standard InChI is InChI=1S/C11H13N3O/c15-10-7-8-3-2-6-14(8)11-9(13-10)4-1-5-12-11/h1,4-5,8H,2-3,6-7H2,(H,13,15). The lowest BCUT2D eigenvalue weighted by Gasteiger charge is -2.23. The number of rotatable bonds is 0. The van der Waals surface area contributed by atoms with Crippen molar-refractivity contribution in [3.8, 4) is 0 Å². The Labute approximate surface area is 88.3 Å². The lowest BCUT2D eigenvalue weighted by Crippen LogP contribution is -2.30. The van der Waals surface area contributed by atoms with Crippen LogP contribution >= 0.6 is 0 Å². The molecule has 3 rings (SSSR count). The number of carbonyl (C=O) groups is 1. The Bertz CT molecular complexity index is 405. The fourth-order valence-corrected chi connectivity index (χ4v) is 2.47. The molecular formula is C11H13N3O. The zero-order valence-electron chi connectivity index (χ0n) is 8.44. The van der Waals surface area contributed by atoms with E-state index in [-0.39, 0.29) is 5.91 Å². The minimum atomic E-state index is 0.110. The van der Waals surface area contributed by atoms with Gasteiger partial charge < -0.3 is 10.2 Å². The molecule has 1 aromatic rings. The summed E-state index contributed by atoms with van der Waals surface area (Å²) in [7, 11) is 0. The number of hydrogen-bond donors (Lipinski definition) is 1. The fraction of sp³-hybridized carbons (Fsp3) is 0.455. The van der Waals surface area contributed by atoms with Gasteiger partial charge in [0.25, 0.3) is 0 Å². The van der Waals surface area contributed by atoms with Gasteiger partial charge >= 0.3 is 0 Å². The minimum absolute atomic E-state index is 0.110. The third kappa shape index (κ3) is 1.37. The maximum atomic E-state index is 11.6. The molecule has 0 aliphatic carbocycles. The molecule has 0 spiro atoms. The Morgan fingerprint density at radius 1 is 1.53 bits per heavy atom. The molecule has 4 heteroatoms. The predicted molar refractivity (Wildman–Crippen MR) is 57.9 cm³/mol. The Kier molecular flexibility index (Phi) is 1.87. The molecule has 1 unspecified atom stereocenters. The van der Waals surface area contributed by atoms with Crippen molar-refractivity contribution < 1.29 is 4.79 Å². The van der Waals surface area contributed by atoms with Crippen LogP contribution in [-0.4, -0.2) is 23.5 Å². The number of nitrogens with zero attached hydrogens (tertiary/aromatic N) is 2. The number of aromatic nitrogens is 1. The first-order chi connectivity index (χ1) is 7.34. The highest BCUT2D eigenvalue weighted by molar-refractivity contribution is 5.95. The molecule has 1 aromatic heterocycles. The monoisotopic (exact) mass is 203 g/mol. The highest BCUT2D eigenvalue weighted by Crippen LogP contribution is 2.33. The highest BCUT2D eigenvalue weighted by Gasteiger charge is 2.32. The molecule has 1 saturated heterocycles. The van der Waals surface area contributed by atoms with Crippen LogP contribution in [0.1, 0.15) is 19.3 Å². The van der Waals surface area contributed by atoms with Gasteiger partial charge in [-0.15, -0.1) is 0 Å². The summed E-state index contributed by atoms with van der Waals surface area (Å²) in [5.74, 6) is 1.05. The van der Waals surface area contributed by atoms with Crippen molar-refractivity contribution in [3.63, 3.8) is 0 Å². The van der Waals surface area contributed by atoms with Crippen LogP contribution in [0.5, 0.6) is 0 Å². The topological polar surface area (TPSA) is 45.2 Å². The van der Waals surface area contributed by atoms with E-state index in [2.05, 4.69) is 15.2 Å². The molecule has 2 aliphatic rings. The summed E-state index contributed by atoms with van der Waals surface area (Å²) in [6.07, 6.45) is 4.64. The third-order valence-corrected chi connectivity index (χ3v) is 3.13. The van der Waals surface area contributed by atoms with E-state index in [1.807, 2.05) is 12.1 Å². The SMILES string of the molecule is O=C1CC2CCCN2c2ncccc2N1. The molecule has 0 radical (unpaired) electrons. The molecule has 0 saturated carbocycles. The second kappa shape index (κ2) is 3.22. The zero-order valence-corrected chi connectivity index (χ0v) is 8.44. The highest BCUT2D eigenvalue weighted by atomic mass is 16.1. The van der Waals surface area contributed by atoms with Gasteiger partial charge in [0.1, 0.15) is 0 Å². The Balaban J connectivity index is 2.08. The van der Waals surface area contributed by atoms with Crippen molar-refractivity contribution in [1.29, 1.82) is 0 Å². The fourth-order valence-electron chi connectivity index (χ4n) is 2.47. The van der Waals surface area contributed by atoms with Crippen LogP contribution in [0.3, 0.4) is 0 Å². The normalized spacial score (nSPS) is 24.1. The summed E-state index contributed by atoms with van der Waals surface area (Å²) in [5, 5.41) is 2.91. The second-order valence-electron chi connectivity index (χ2n) is 4.12. The maximum Gasteiger partial charge on any atom is 0.226 e. The Morgan fingerprint density at radius 3 is 3.40 bits per heavy atom.